The van der Waals surface area contributed by atoms with Crippen molar-refractivity contribution < 1.29 is 0 Å². The lowest BCUT2D eigenvalue weighted by atomic mass is 10.3. The Bertz CT molecular complexity index is 148. The molecule has 0 saturated heterocycles. The second kappa shape index (κ2) is 5.55. The molecule has 0 bridgehead atoms. The van der Waals surface area contributed by atoms with Gasteiger partial charge in [0.2, 0.25) is 0 Å². The van der Waals surface area contributed by atoms with Gasteiger partial charge in [-0.2, -0.15) is 11.8 Å². The Morgan fingerprint density at radius 3 is 2.82 bits per heavy atom. The first kappa shape index (κ1) is 9.00. The number of rotatable bonds is 4. The molecule has 11 heavy (non-hydrogen) atoms. The lowest BCUT2D eigenvalue weighted by molar-refractivity contribution is 0.880. The summed E-state index contributed by atoms with van der Waals surface area (Å²) in [5.41, 5.74) is 0. The fraction of sp³-hybridized carbons (Fsp3) is 0.800. The average Bonchev–Trinajstić information content (AvgIpc) is 2.80. The van der Waals surface area contributed by atoms with E-state index in [0.29, 0.717) is 0 Å². The minimum Gasteiger partial charge on any atom is -0.165 e. The number of unbranched alkanes of at least 4 members (excludes halogenated alkanes) is 1. The summed E-state index contributed by atoms with van der Waals surface area (Å²) in [6, 6.07) is 0. The van der Waals surface area contributed by atoms with E-state index in [4.69, 9.17) is 0 Å². The summed E-state index contributed by atoms with van der Waals surface area (Å²) in [6.07, 6.45) is 8.54. The molecule has 1 aliphatic rings. The molecule has 1 aliphatic carbocycles. The van der Waals surface area contributed by atoms with E-state index in [-0.39, 0.29) is 0 Å². The second-order valence-electron chi connectivity index (χ2n) is 3.10. The van der Waals surface area contributed by atoms with Crippen molar-refractivity contribution in [2.45, 2.75) is 32.1 Å². The molecule has 1 rings (SSSR count). The highest BCUT2D eigenvalue weighted by Gasteiger charge is 2.19. The Kier molecular flexibility index (Phi) is 4.54. The van der Waals surface area contributed by atoms with Crippen LogP contribution >= 0.6 is 11.8 Å². The highest BCUT2D eigenvalue weighted by molar-refractivity contribution is 7.98. The molecule has 0 nitrogen and oxygen atoms in total. The number of thioether (sulfide) groups is 1. The summed E-state index contributed by atoms with van der Waals surface area (Å²) >= 11 is 1.91. The van der Waals surface area contributed by atoms with Gasteiger partial charge in [-0.15, -0.1) is 11.8 Å². The molecule has 0 aromatic carbocycles. The largest absolute Gasteiger partial charge is 0.165 e. The molecule has 0 heterocycles. The average molecular weight is 168 g/mol. The minimum absolute atomic E-state index is 0.975. The summed E-state index contributed by atoms with van der Waals surface area (Å²) in [6.45, 7) is 0. The fourth-order valence-corrected chi connectivity index (χ4v) is 1.36. The van der Waals surface area contributed by atoms with E-state index in [0.717, 1.165) is 12.3 Å². The van der Waals surface area contributed by atoms with Crippen LogP contribution in [0.4, 0.5) is 0 Å². The first-order valence-electron chi connectivity index (χ1n) is 4.38. The van der Waals surface area contributed by atoms with Crippen LogP contribution in [-0.2, 0) is 0 Å². The third-order valence-electron chi connectivity index (χ3n) is 1.86. The van der Waals surface area contributed by atoms with E-state index in [1.54, 1.807) is 0 Å². The summed E-state index contributed by atoms with van der Waals surface area (Å²) in [7, 11) is 0. The van der Waals surface area contributed by atoms with E-state index in [9.17, 15) is 0 Å². The van der Waals surface area contributed by atoms with Crippen LogP contribution in [0.2, 0.25) is 0 Å². The predicted molar refractivity (Wildman–Crippen MR) is 52.7 cm³/mol. The molecule has 62 valence electrons. The molecule has 0 unspecified atom stereocenters. The van der Waals surface area contributed by atoms with E-state index in [1.807, 2.05) is 11.8 Å². The maximum absolute atomic E-state index is 3.25. The van der Waals surface area contributed by atoms with Gasteiger partial charge in [-0.25, -0.2) is 0 Å². The van der Waals surface area contributed by atoms with Crippen molar-refractivity contribution in [3.8, 4) is 11.8 Å². The topological polar surface area (TPSA) is 0 Å². The third kappa shape index (κ3) is 5.21. The fourth-order valence-electron chi connectivity index (χ4n) is 0.932. The highest BCUT2D eigenvalue weighted by Crippen LogP contribution is 2.31. The Balaban J connectivity index is 1.85. The van der Waals surface area contributed by atoms with Gasteiger partial charge in [0.05, 0.1) is 0 Å². The molecule has 0 aromatic rings. The minimum atomic E-state index is 0.975. The van der Waals surface area contributed by atoms with Gasteiger partial charge in [0, 0.05) is 12.8 Å². The molecule has 0 spiro atoms. The molecule has 0 amide bonds. The van der Waals surface area contributed by atoms with Gasteiger partial charge in [-0.3, -0.25) is 0 Å². The highest BCUT2D eigenvalue weighted by atomic mass is 32.2. The first-order valence-corrected chi connectivity index (χ1v) is 5.77. The normalized spacial score (nSPS) is 15.7. The summed E-state index contributed by atoms with van der Waals surface area (Å²) in [4.78, 5) is 0. The standard InChI is InChI=1S/C10H16S/c1-11-9-5-3-2-4-6-10-7-8-10/h10H,3,5-9H2,1H3. The molecule has 1 saturated carbocycles. The zero-order valence-corrected chi connectivity index (χ0v) is 8.04. The smallest absolute Gasteiger partial charge is 0.0117 e. The maximum atomic E-state index is 3.25. The molecule has 1 fully saturated rings. The molecule has 0 atom stereocenters. The van der Waals surface area contributed by atoms with Crippen LogP contribution in [0.3, 0.4) is 0 Å². The lowest BCUT2D eigenvalue weighted by Gasteiger charge is -1.88. The predicted octanol–water partition coefficient (Wildman–Crippen LogP) is 2.93. The first-order chi connectivity index (χ1) is 5.43. The zero-order chi connectivity index (χ0) is 7.94. The van der Waals surface area contributed by atoms with Crippen LogP contribution in [0.5, 0.6) is 0 Å². The van der Waals surface area contributed by atoms with Crippen molar-refractivity contribution >= 4 is 11.8 Å². The van der Waals surface area contributed by atoms with Crippen LogP contribution in [0.1, 0.15) is 32.1 Å². The molecule has 0 aliphatic heterocycles. The van der Waals surface area contributed by atoms with E-state index in [1.165, 1.54) is 31.4 Å². The Hall–Kier alpha value is -0.0900. The van der Waals surface area contributed by atoms with Gasteiger partial charge in [0.1, 0.15) is 0 Å². The number of hydrogen-bond donors (Lipinski definition) is 0. The Labute approximate surface area is 74.1 Å². The van der Waals surface area contributed by atoms with Crippen molar-refractivity contribution in [3.05, 3.63) is 0 Å². The monoisotopic (exact) mass is 168 g/mol. The zero-order valence-electron chi connectivity index (χ0n) is 7.23. The molecular formula is C10H16S. The van der Waals surface area contributed by atoms with Crippen LogP contribution in [0.25, 0.3) is 0 Å². The van der Waals surface area contributed by atoms with Gasteiger partial charge in [0.25, 0.3) is 0 Å². The van der Waals surface area contributed by atoms with Crippen molar-refractivity contribution in [2.75, 3.05) is 12.0 Å². The van der Waals surface area contributed by atoms with Gasteiger partial charge < -0.3 is 0 Å². The molecular weight excluding hydrogens is 152 g/mol. The quantitative estimate of drug-likeness (QED) is 0.459. The van der Waals surface area contributed by atoms with Crippen molar-refractivity contribution in [2.24, 2.45) is 5.92 Å². The second-order valence-corrected chi connectivity index (χ2v) is 4.08. The summed E-state index contributed by atoms with van der Waals surface area (Å²) in [5, 5.41) is 0. The van der Waals surface area contributed by atoms with Crippen molar-refractivity contribution in [1.82, 2.24) is 0 Å². The van der Waals surface area contributed by atoms with Gasteiger partial charge in [-0.05, 0) is 37.2 Å². The van der Waals surface area contributed by atoms with E-state index < -0.39 is 0 Å². The molecule has 0 radical (unpaired) electrons. The van der Waals surface area contributed by atoms with E-state index >= 15 is 0 Å². The van der Waals surface area contributed by atoms with Crippen LogP contribution in [0, 0.1) is 17.8 Å². The van der Waals surface area contributed by atoms with Crippen molar-refractivity contribution in [1.29, 1.82) is 0 Å². The lowest BCUT2D eigenvalue weighted by Crippen LogP contribution is -1.76. The van der Waals surface area contributed by atoms with Crippen LogP contribution in [0.15, 0.2) is 0 Å². The summed E-state index contributed by atoms with van der Waals surface area (Å²) in [5.74, 6) is 8.71. The Morgan fingerprint density at radius 2 is 2.18 bits per heavy atom. The molecule has 1 heteroatoms. The SMILES string of the molecule is CSCCCC#CCC1CC1. The van der Waals surface area contributed by atoms with Crippen LogP contribution < -0.4 is 0 Å². The molecule has 0 aromatic heterocycles. The maximum Gasteiger partial charge on any atom is 0.0117 e. The molecule has 0 N–H and O–H groups in total. The van der Waals surface area contributed by atoms with Crippen LogP contribution in [-0.4, -0.2) is 12.0 Å². The van der Waals surface area contributed by atoms with Gasteiger partial charge in [0.15, 0.2) is 0 Å². The van der Waals surface area contributed by atoms with Crippen molar-refractivity contribution in [3.63, 3.8) is 0 Å². The van der Waals surface area contributed by atoms with E-state index in [2.05, 4.69) is 18.1 Å². The third-order valence-corrected chi connectivity index (χ3v) is 2.56. The summed E-state index contributed by atoms with van der Waals surface area (Å²) < 4.78 is 0. The van der Waals surface area contributed by atoms with Gasteiger partial charge >= 0.3 is 0 Å². The van der Waals surface area contributed by atoms with Gasteiger partial charge in [-0.1, -0.05) is 0 Å². The Morgan fingerprint density at radius 1 is 1.36 bits per heavy atom. The number of hydrogen-bond acceptors (Lipinski definition) is 1.